The second-order valence-electron chi connectivity index (χ2n) is 6.07. The Morgan fingerprint density at radius 3 is 2.35 bits per heavy atom. The lowest BCUT2D eigenvalue weighted by molar-refractivity contribution is 0.103. The minimum Gasteiger partial charge on any atom is -0.484 e. The van der Waals surface area contributed by atoms with Crippen LogP contribution in [0.25, 0.3) is 16.5 Å². The van der Waals surface area contributed by atoms with Crippen molar-refractivity contribution >= 4 is 22.3 Å². The van der Waals surface area contributed by atoms with Crippen molar-refractivity contribution < 1.29 is 9.53 Å². The van der Waals surface area contributed by atoms with E-state index < -0.39 is 0 Å². The average molecular weight is 298 g/mol. The monoisotopic (exact) mass is 298 g/mol. The second-order valence-corrected chi connectivity index (χ2v) is 6.07. The van der Waals surface area contributed by atoms with Gasteiger partial charge in [0.2, 0.25) is 0 Å². The highest BCUT2D eigenvalue weighted by atomic mass is 16.5. The summed E-state index contributed by atoms with van der Waals surface area (Å²) in [5.74, 6) is 0.885. The van der Waals surface area contributed by atoms with Crippen LogP contribution in [0.1, 0.15) is 34.0 Å². The van der Waals surface area contributed by atoms with Crippen molar-refractivity contribution in [1.82, 2.24) is 0 Å². The van der Waals surface area contributed by atoms with Crippen LogP contribution in [0.15, 0.2) is 72.3 Å². The van der Waals surface area contributed by atoms with Gasteiger partial charge < -0.3 is 4.74 Å². The smallest absolute Gasteiger partial charge is 0.193 e. The first kappa shape index (κ1) is 12.7. The number of Topliss-reactive ketones (excluding diaryl/α,β-unsaturated/α-hetero) is 1. The fourth-order valence-corrected chi connectivity index (χ4v) is 3.69. The summed E-state index contributed by atoms with van der Waals surface area (Å²) >= 11 is 0. The van der Waals surface area contributed by atoms with Crippen LogP contribution in [0.4, 0.5) is 0 Å². The fraction of sp³-hybridized carbons (Fsp3) is 0.0952. The lowest BCUT2D eigenvalue weighted by atomic mass is 9.86. The normalized spacial score (nSPS) is 19.0. The molecule has 0 amide bonds. The maximum atomic E-state index is 12.9. The van der Waals surface area contributed by atoms with Crippen LogP contribution in [0.3, 0.4) is 0 Å². The van der Waals surface area contributed by atoms with Crippen molar-refractivity contribution in [2.75, 3.05) is 0 Å². The molecule has 23 heavy (non-hydrogen) atoms. The highest BCUT2D eigenvalue weighted by molar-refractivity contribution is 6.24. The van der Waals surface area contributed by atoms with E-state index in [4.69, 9.17) is 4.74 Å². The molecule has 0 saturated heterocycles. The summed E-state index contributed by atoms with van der Waals surface area (Å²) in [6.07, 6.45) is 0.567. The van der Waals surface area contributed by atoms with Gasteiger partial charge in [-0.05, 0) is 10.9 Å². The Morgan fingerprint density at radius 2 is 1.57 bits per heavy atom. The third-order valence-electron chi connectivity index (χ3n) is 4.76. The summed E-state index contributed by atoms with van der Waals surface area (Å²) in [6.45, 7) is 0. The standard InChI is InChI=1S/C21H14O2/c22-20-15-10-4-8-14-9-5-11-16(19(14)15)21-17(20)12-18(23-21)13-6-2-1-3-7-13/h1-11,18H,12H2. The van der Waals surface area contributed by atoms with E-state index in [1.807, 2.05) is 48.5 Å². The van der Waals surface area contributed by atoms with Crippen molar-refractivity contribution in [3.8, 4) is 0 Å². The van der Waals surface area contributed by atoms with Gasteiger partial charge in [0.15, 0.2) is 5.78 Å². The molecule has 0 radical (unpaired) electrons. The van der Waals surface area contributed by atoms with Crippen molar-refractivity contribution in [2.45, 2.75) is 12.5 Å². The molecule has 2 aliphatic rings. The molecule has 1 unspecified atom stereocenters. The Balaban J connectivity index is 1.68. The summed E-state index contributed by atoms with van der Waals surface area (Å²) in [5.41, 5.74) is 3.77. The molecule has 3 aromatic rings. The minimum atomic E-state index is -0.0743. The van der Waals surface area contributed by atoms with Crippen molar-refractivity contribution in [3.63, 3.8) is 0 Å². The van der Waals surface area contributed by atoms with E-state index in [1.165, 1.54) is 0 Å². The number of ketones is 1. The van der Waals surface area contributed by atoms with Gasteiger partial charge in [-0.15, -0.1) is 0 Å². The number of hydrogen-bond donors (Lipinski definition) is 0. The predicted octanol–water partition coefficient (Wildman–Crippen LogP) is 4.91. The molecule has 0 N–H and O–H groups in total. The van der Waals surface area contributed by atoms with E-state index in [2.05, 4.69) is 18.2 Å². The molecule has 0 saturated carbocycles. The molecule has 3 aromatic carbocycles. The van der Waals surface area contributed by atoms with E-state index in [-0.39, 0.29) is 11.9 Å². The highest BCUT2D eigenvalue weighted by Crippen LogP contribution is 2.47. The van der Waals surface area contributed by atoms with Crippen LogP contribution in [0, 0.1) is 0 Å². The number of hydrogen-bond acceptors (Lipinski definition) is 2. The molecule has 2 heteroatoms. The Labute approximate surface area is 134 Å². The van der Waals surface area contributed by atoms with E-state index in [1.54, 1.807) is 0 Å². The molecule has 1 aliphatic heterocycles. The maximum absolute atomic E-state index is 12.9. The molecule has 0 aromatic heterocycles. The number of fused-ring (bicyclic) bond motifs is 1. The van der Waals surface area contributed by atoms with Crippen LogP contribution in [-0.4, -0.2) is 5.78 Å². The van der Waals surface area contributed by atoms with Gasteiger partial charge in [-0.25, -0.2) is 0 Å². The summed E-state index contributed by atoms with van der Waals surface area (Å²) in [5, 5.41) is 2.11. The molecule has 0 bridgehead atoms. The van der Waals surface area contributed by atoms with Crippen LogP contribution >= 0.6 is 0 Å². The Hall–Kier alpha value is -2.87. The Morgan fingerprint density at radius 1 is 0.826 bits per heavy atom. The molecule has 2 nitrogen and oxygen atoms in total. The largest absolute Gasteiger partial charge is 0.484 e. The van der Waals surface area contributed by atoms with E-state index in [0.717, 1.165) is 38.8 Å². The topological polar surface area (TPSA) is 26.3 Å². The number of ether oxygens (including phenoxy) is 1. The van der Waals surface area contributed by atoms with Gasteiger partial charge in [0.05, 0.1) is 0 Å². The van der Waals surface area contributed by atoms with Gasteiger partial charge in [0.1, 0.15) is 11.9 Å². The number of carbonyl (C=O) groups excluding carboxylic acids is 1. The second kappa shape index (κ2) is 4.56. The molecule has 1 atom stereocenters. The first-order valence-electron chi connectivity index (χ1n) is 7.84. The molecule has 0 spiro atoms. The zero-order chi connectivity index (χ0) is 15.4. The third kappa shape index (κ3) is 1.72. The SMILES string of the molecule is O=C1C2=C(OC(c3ccccc3)C2)c2cccc3cccc1c23. The number of carbonyl (C=O) groups is 1. The van der Waals surface area contributed by atoms with Gasteiger partial charge in [-0.1, -0.05) is 66.7 Å². The van der Waals surface area contributed by atoms with Crippen LogP contribution in [-0.2, 0) is 4.74 Å². The van der Waals surface area contributed by atoms with E-state index in [0.29, 0.717) is 6.42 Å². The van der Waals surface area contributed by atoms with Gasteiger partial charge in [0.25, 0.3) is 0 Å². The zero-order valence-corrected chi connectivity index (χ0v) is 12.5. The molecule has 110 valence electrons. The lowest BCUT2D eigenvalue weighted by Gasteiger charge is -2.18. The molecule has 1 aliphatic carbocycles. The fourth-order valence-electron chi connectivity index (χ4n) is 3.69. The lowest BCUT2D eigenvalue weighted by Crippen LogP contribution is -2.10. The number of benzene rings is 3. The molecular formula is C21H14O2. The molecular weight excluding hydrogens is 284 g/mol. The summed E-state index contributed by atoms with van der Waals surface area (Å²) in [4.78, 5) is 12.9. The summed E-state index contributed by atoms with van der Waals surface area (Å²) < 4.78 is 6.23. The third-order valence-corrected chi connectivity index (χ3v) is 4.76. The first-order chi connectivity index (χ1) is 11.3. The summed E-state index contributed by atoms with van der Waals surface area (Å²) in [6, 6.07) is 22.2. The maximum Gasteiger partial charge on any atom is 0.193 e. The molecule has 1 heterocycles. The summed E-state index contributed by atoms with van der Waals surface area (Å²) in [7, 11) is 0. The molecule has 0 fully saturated rings. The predicted molar refractivity (Wildman–Crippen MR) is 90.1 cm³/mol. The van der Waals surface area contributed by atoms with Gasteiger partial charge >= 0.3 is 0 Å². The quantitative estimate of drug-likeness (QED) is 0.638. The van der Waals surface area contributed by atoms with Crippen LogP contribution < -0.4 is 0 Å². The Bertz CT molecular complexity index is 978. The molecule has 5 rings (SSSR count). The van der Waals surface area contributed by atoms with Crippen molar-refractivity contribution in [2.24, 2.45) is 0 Å². The Kier molecular flexibility index (Phi) is 2.51. The highest BCUT2D eigenvalue weighted by Gasteiger charge is 2.36. The van der Waals surface area contributed by atoms with Crippen molar-refractivity contribution in [3.05, 3.63) is 89.0 Å². The van der Waals surface area contributed by atoms with Crippen LogP contribution in [0.2, 0.25) is 0 Å². The van der Waals surface area contributed by atoms with Gasteiger partial charge in [0, 0.05) is 28.5 Å². The first-order valence-corrected chi connectivity index (χ1v) is 7.84. The minimum absolute atomic E-state index is 0.0743. The average Bonchev–Trinajstić information content (AvgIpc) is 3.06. The van der Waals surface area contributed by atoms with Gasteiger partial charge in [-0.3, -0.25) is 4.79 Å². The van der Waals surface area contributed by atoms with E-state index >= 15 is 0 Å². The number of rotatable bonds is 1. The van der Waals surface area contributed by atoms with E-state index in [9.17, 15) is 4.79 Å². The zero-order valence-electron chi connectivity index (χ0n) is 12.5. The van der Waals surface area contributed by atoms with Gasteiger partial charge in [-0.2, -0.15) is 0 Å². The van der Waals surface area contributed by atoms with Crippen LogP contribution in [0.5, 0.6) is 0 Å². The van der Waals surface area contributed by atoms with Crippen molar-refractivity contribution in [1.29, 1.82) is 0 Å².